The van der Waals surface area contributed by atoms with Gasteiger partial charge in [0.2, 0.25) is 0 Å². The van der Waals surface area contributed by atoms with E-state index in [4.69, 9.17) is 4.42 Å². The van der Waals surface area contributed by atoms with Gasteiger partial charge in [-0.25, -0.2) is 0 Å². The van der Waals surface area contributed by atoms with Crippen LogP contribution in [-0.2, 0) is 0 Å². The van der Waals surface area contributed by atoms with E-state index >= 15 is 0 Å². The molecule has 0 bridgehead atoms. The minimum Gasteiger partial charge on any atom is -0.459 e. The van der Waals surface area contributed by atoms with E-state index in [1.165, 1.54) is 0 Å². The molecule has 108 valence electrons. The SMILES string of the molecule is CCN(C(=O)c1ccc[nH]1)[C@H](C)c1cc2ccccc2o1. The molecule has 0 radical (unpaired) electrons. The van der Waals surface area contributed by atoms with Gasteiger partial charge in [-0.2, -0.15) is 0 Å². The van der Waals surface area contributed by atoms with Crippen molar-refractivity contribution in [2.45, 2.75) is 19.9 Å². The molecule has 0 fully saturated rings. The van der Waals surface area contributed by atoms with Gasteiger partial charge >= 0.3 is 0 Å². The summed E-state index contributed by atoms with van der Waals surface area (Å²) in [5.74, 6) is 0.786. The number of furan rings is 1. The second-order valence-corrected chi connectivity index (χ2v) is 5.04. The Balaban J connectivity index is 1.91. The number of carbonyl (C=O) groups excluding carboxylic acids is 1. The van der Waals surface area contributed by atoms with Gasteiger partial charge in [-0.3, -0.25) is 4.79 Å². The fraction of sp³-hybridized carbons (Fsp3) is 0.235. The number of nitrogens with one attached hydrogen (secondary N) is 1. The highest BCUT2D eigenvalue weighted by molar-refractivity contribution is 5.92. The summed E-state index contributed by atoms with van der Waals surface area (Å²) in [4.78, 5) is 17.3. The number of hydrogen-bond donors (Lipinski definition) is 1. The van der Waals surface area contributed by atoms with E-state index in [1.807, 2.05) is 50.2 Å². The van der Waals surface area contributed by atoms with Crippen molar-refractivity contribution in [3.63, 3.8) is 0 Å². The van der Waals surface area contributed by atoms with E-state index < -0.39 is 0 Å². The smallest absolute Gasteiger partial charge is 0.270 e. The Bertz CT molecular complexity index is 710. The van der Waals surface area contributed by atoms with Gasteiger partial charge in [0.25, 0.3) is 5.91 Å². The summed E-state index contributed by atoms with van der Waals surface area (Å²) in [6, 6.07) is 13.4. The van der Waals surface area contributed by atoms with Gasteiger partial charge < -0.3 is 14.3 Å². The number of hydrogen-bond acceptors (Lipinski definition) is 2. The average Bonchev–Trinajstić information content (AvgIpc) is 3.16. The van der Waals surface area contributed by atoms with Crippen LogP contribution < -0.4 is 0 Å². The molecule has 1 aromatic carbocycles. The lowest BCUT2D eigenvalue weighted by Gasteiger charge is -2.26. The Kier molecular flexibility index (Phi) is 3.52. The predicted octanol–water partition coefficient (Wildman–Crippen LogP) is 3.98. The topological polar surface area (TPSA) is 49.2 Å². The van der Waals surface area contributed by atoms with E-state index in [9.17, 15) is 4.79 Å². The van der Waals surface area contributed by atoms with Crippen LogP contribution >= 0.6 is 0 Å². The maximum Gasteiger partial charge on any atom is 0.270 e. The van der Waals surface area contributed by atoms with Crippen LogP contribution in [0.1, 0.15) is 36.1 Å². The fourth-order valence-electron chi connectivity index (χ4n) is 2.57. The number of amides is 1. The highest BCUT2D eigenvalue weighted by atomic mass is 16.3. The molecule has 4 nitrogen and oxygen atoms in total. The molecule has 1 N–H and O–H groups in total. The number of fused-ring (bicyclic) bond motifs is 1. The number of aromatic amines is 1. The molecule has 0 saturated carbocycles. The summed E-state index contributed by atoms with van der Waals surface area (Å²) in [5, 5.41) is 1.06. The standard InChI is InChI=1S/C17H18N2O2/c1-3-19(17(20)14-8-6-10-18-14)12(2)16-11-13-7-4-5-9-15(13)21-16/h4-12,18H,3H2,1-2H3/t12-/m1/s1. The second-order valence-electron chi connectivity index (χ2n) is 5.04. The Hall–Kier alpha value is -2.49. The maximum atomic E-state index is 12.5. The highest BCUT2D eigenvalue weighted by Gasteiger charge is 2.24. The number of aromatic nitrogens is 1. The largest absolute Gasteiger partial charge is 0.459 e. The van der Waals surface area contributed by atoms with Crippen molar-refractivity contribution in [2.24, 2.45) is 0 Å². The molecule has 1 atom stereocenters. The van der Waals surface area contributed by atoms with E-state index in [0.29, 0.717) is 12.2 Å². The molecule has 2 heterocycles. The van der Waals surface area contributed by atoms with Crippen molar-refractivity contribution in [3.05, 3.63) is 60.1 Å². The zero-order valence-electron chi connectivity index (χ0n) is 12.2. The van der Waals surface area contributed by atoms with Crippen molar-refractivity contribution in [2.75, 3.05) is 6.54 Å². The Morgan fingerprint density at radius 1 is 1.29 bits per heavy atom. The molecule has 21 heavy (non-hydrogen) atoms. The molecule has 0 aliphatic carbocycles. The van der Waals surface area contributed by atoms with Gasteiger partial charge in [-0.15, -0.1) is 0 Å². The van der Waals surface area contributed by atoms with Crippen LogP contribution in [0.15, 0.2) is 53.1 Å². The van der Waals surface area contributed by atoms with Crippen molar-refractivity contribution in [3.8, 4) is 0 Å². The van der Waals surface area contributed by atoms with Gasteiger partial charge in [-0.05, 0) is 38.1 Å². The maximum absolute atomic E-state index is 12.5. The predicted molar refractivity (Wildman–Crippen MR) is 82.1 cm³/mol. The van der Waals surface area contributed by atoms with Crippen LogP contribution in [0.2, 0.25) is 0 Å². The van der Waals surface area contributed by atoms with Gasteiger partial charge in [-0.1, -0.05) is 18.2 Å². The summed E-state index contributed by atoms with van der Waals surface area (Å²) in [6.07, 6.45) is 1.76. The number of rotatable bonds is 4. The second kappa shape index (κ2) is 5.48. The molecule has 1 amide bonds. The number of para-hydroxylation sites is 1. The monoisotopic (exact) mass is 282 g/mol. The fourth-order valence-corrected chi connectivity index (χ4v) is 2.57. The third-order valence-electron chi connectivity index (χ3n) is 3.75. The van der Waals surface area contributed by atoms with Crippen LogP contribution in [0.3, 0.4) is 0 Å². The minimum atomic E-state index is -0.113. The Morgan fingerprint density at radius 3 is 2.76 bits per heavy atom. The summed E-state index contributed by atoms with van der Waals surface area (Å²) in [5.41, 5.74) is 1.45. The minimum absolute atomic E-state index is 0.0181. The summed E-state index contributed by atoms with van der Waals surface area (Å²) >= 11 is 0. The molecular weight excluding hydrogens is 264 g/mol. The van der Waals surface area contributed by atoms with E-state index in [-0.39, 0.29) is 11.9 Å². The first-order valence-corrected chi connectivity index (χ1v) is 7.13. The van der Waals surface area contributed by atoms with Crippen LogP contribution in [0.5, 0.6) is 0 Å². The van der Waals surface area contributed by atoms with Gasteiger partial charge in [0.05, 0.1) is 6.04 Å². The number of nitrogens with zero attached hydrogens (tertiary/aromatic N) is 1. The van der Waals surface area contributed by atoms with E-state index in [0.717, 1.165) is 16.7 Å². The molecule has 0 aliphatic rings. The molecule has 0 unspecified atom stereocenters. The summed E-state index contributed by atoms with van der Waals surface area (Å²) in [6.45, 7) is 4.58. The molecule has 0 spiro atoms. The molecule has 0 aliphatic heterocycles. The van der Waals surface area contributed by atoms with Crippen molar-refractivity contribution in [1.29, 1.82) is 0 Å². The lowest BCUT2D eigenvalue weighted by molar-refractivity contribution is 0.0679. The Labute approximate surface area is 123 Å². The first-order valence-electron chi connectivity index (χ1n) is 7.13. The van der Waals surface area contributed by atoms with Crippen LogP contribution in [-0.4, -0.2) is 22.3 Å². The van der Waals surface area contributed by atoms with Crippen LogP contribution in [0, 0.1) is 0 Å². The third-order valence-corrected chi connectivity index (χ3v) is 3.75. The molecular formula is C17H18N2O2. The quantitative estimate of drug-likeness (QED) is 0.786. The summed E-state index contributed by atoms with van der Waals surface area (Å²) < 4.78 is 5.88. The van der Waals surface area contributed by atoms with Crippen molar-refractivity contribution in [1.82, 2.24) is 9.88 Å². The van der Waals surface area contributed by atoms with Gasteiger partial charge in [0.1, 0.15) is 17.0 Å². The van der Waals surface area contributed by atoms with E-state index in [2.05, 4.69) is 4.98 Å². The molecule has 0 saturated heterocycles. The lowest BCUT2D eigenvalue weighted by atomic mass is 10.2. The van der Waals surface area contributed by atoms with Gasteiger partial charge in [0, 0.05) is 18.1 Å². The molecule has 4 heteroatoms. The third kappa shape index (κ3) is 2.44. The number of H-pyrrole nitrogens is 1. The van der Waals surface area contributed by atoms with E-state index in [1.54, 1.807) is 17.2 Å². The zero-order chi connectivity index (χ0) is 14.8. The zero-order valence-corrected chi connectivity index (χ0v) is 12.2. The van der Waals surface area contributed by atoms with Gasteiger partial charge in [0.15, 0.2) is 0 Å². The van der Waals surface area contributed by atoms with Crippen LogP contribution in [0.4, 0.5) is 0 Å². The average molecular weight is 282 g/mol. The lowest BCUT2D eigenvalue weighted by Crippen LogP contribution is -2.33. The molecule has 3 aromatic rings. The van der Waals surface area contributed by atoms with Crippen molar-refractivity contribution < 1.29 is 9.21 Å². The number of carbonyl (C=O) groups is 1. The number of benzene rings is 1. The molecule has 2 aromatic heterocycles. The summed E-state index contributed by atoms with van der Waals surface area (Å²) in [7, 11) is 0. The molecule has 3 rings (SSSR count). The highest BCUT2D eigenvalue weighted by Crippen LogP contribution is 2.28. The first-order chi connectivity index (χ1) is 10.2. The first kappa shape index (κ1) is 13.5. The van der Waals surface area contributed by atoms with Crippen LogP contribution in [0.25, 0.3) is 11.0 Å². The Morgan fingerprint density at radius 2 is 2.10 bits per heavy atom. The normalized spacial score (nSPS) is 12.5. The van der Waals surface area contributed by atoms with Crippen molar-refractivity contribution >= 4 is 16.9 Å².